The molecule has 0 fully saturated rings. The molecule has 5 nitrogen and oxygen atoms in total. The van der Waals surface area contributed by atoms with Gasteiger partial charge in [-0.2, -0.15) is 0 Å². The zero-order chi connectivity index (χ0) is 12.7. The number of sulfonamides is 1. The van der Waals surface area contributed by atoms with Crippen molar-refractivity contribution < 1.29 is 8.42 Å². The molecule has 4 N–H and O–H groups in total. The van der Waals surface area contributed by atoms with Crippen LogP contribution in [0.4, 0.5) is 0 Å². The van der Waals surface area contributed by atoms with Crippen LogP contribution in [0.25, 0.3) is 0 Å². The van der Waals surface area contributed by atoms with Crippen LogP contribution in [0.1, 0.15) is 5.56 Å². The minimum absolute atomic E-state index is 0.332. The average molecular weight is 257 g/mol. The third-order valence-corrected chi connectivity index (χ3v) is 3.92. The molecule has 0 radical (unpaired) electrons. The standard InChI is InChI=1S/C11H19N3O2S/c1-10-4-2-3-5-11(10)17(15,16)14-9-8-13-7-6-12/h2-5,13-14H,6-9,12H2,1H3. The van der Waals surface area contributed by atoms with Crippen LogP contribution in [-0.2, 0) is 10.0 Å². The fraction of sp³-hybridized carbons (Fsp3) is 0.455. The maximum atomic E-state index is 11.9. The Morgan fingerprint density at radius 2 is 1.88 bits per heavy atom. The number of aryl methyl sites for hydroxylation is 1. The van der Waals surface area contributed by atoms with Crippen molar-refractivity contribution in [3.8, 4) is 0 Å². The summed E-state index contributed by atoms with van der Waals surface area (Å²) in [5, 5.41) is 3.02. The largest absolute Gasteiger partial charge is 0.329 e. The Bertz CT molecular complexity index is 446. The molecule has 0 aliphatic heterocycles. The van der Waals surface area contributed by atoms with E-state index in [0.717, 1.165) is 5.56 Å². The van der Waals surface area contributed by atoms with Gasteiger partial charge < -0.3 is 11.1 Å². The van der Waals surface area contributed by atoms with Gasteiger partial charge in [0.15, 0.2) is 0 Å². The van der Waals surface area contributed by atoms with Gasteiger partial charge in [-0.05, 0) is 18.6 Å². The molecule has 1 rings (SSSR count). The van der Waals surface area contributed by atoms with Gasteiger partial charge in [-0.25, -0.2) is 13.1 Å². The highest BCUT2D eigenvalue weighted by Crippen LogP contribution is 2.13. The van der Waals surface area contributed by atoms with Gasteiger partial charge in [-0.3, -0.25) is 0 Å². The molecule has 1 aromatic carbocycles. The number of nitrogens with one attached hydrogen (secondary N) is 2. The number of benzene rings is 1. The lowest BCUT2D eigenvalue weighted by Crippen LogP contribution is -2.34. The Hall–Kier alpha value is -0.950. The Labute approximate surface area is 102 Å². The van der Waals surface area contributed by atoms with Crippen molar-refractivity contribution in [2.24, 2.45) is 5.73 Å². The topological polar surface area (TPSA) is 84.2 Å². The number of nitrogens with two attached hydrogens (primary N) is 1. The second-order valence-electron chi connectivity index (χ2n) is 3.70. The third-order valence-electron chi connectivity index (χ3n) is 2.30. The monoisotopic (exact) mass is 257 g/mol. The summed E-state index contributed by atoms with van der Waals surface area (Å²) in [5.74, 6) is 0. The Morgan fingerprint density at radius 3 is 2.53 bits per heavy atom. The zero-order valence-corrected chi connectivity index (χ0v) is 10.8. The van der Waals surface area contributed by atoms with Crippen molar-refractivity contribution in [1.82, 2.24) is 10.0 Å². The van der Waals surface area contributed by atoms with Gasteiger partial charge in [0.2, 0.25) is 10.0 Å². The van der Waals surface area contributed by atoms with Crippen LogP contribution in [0.2, 0.25) is 0 Å². The van der Waals surface area contributed by atoms with Crippen LogP contribution >= 0.6 is 0 Å². The quantitative estimate of drug-likeness (QED) is 0.592. The molecule has 6 heteroatoms. The van der Waals surface area contributed by atoms with Gasteiger partial charge in [0.25, 0.3) is 0 Å². The van der Waals surface area contributed by atoms with E-state index in [1.165, 1.54) is 0 Å². The smallest absolute Gasteiger partial charge is 0.240 e. The molecule has 96 valence electrons. The highest BCUT2D eigenvalue weighted by Gasteiger charge is 2.14. The molecular formula is C11H19N3O2S. The minimum atomic E-state index is -3.40. The van der Waals surface area contributed by atoms with E-state index in [1.807, 2.05) is 6.07 Å². The summed E-state index contributed by atoms with van der Waals surface area (Å²) in [4.78, 5) is 0.332. The maximum Gasteiger partial charge on any atom is 0.240 e. The molecule has 0 amide bonds. The first-order valence-corrected chi connectivity index (χ1v) is 7.02. The van der Waals surface area contributed by atoms with Crippen molar-refractivity contribution in [2.75, 3.05) is 26.2 Å². The van der Waals surface area contributed by atoms with Crippen molar-refractivity contribution in [2.45, 2.75) is 11.8 Å². The van der Waals surface area contributed by atoms with Crippen LogP contribution in [0, 0.1) is 6.92 Å². The van der Waals surface area contributed by atoms with Gasteiger partial charge in [0.05, 0.1) is 4.90 Å². The molecule has 0 saturated carbocycles. The lowest BCUT2D eigenvalue weighted by molar-refractivity contribution is 0.576. The summed E-state index contributed by atoms with van der Waals surface area (Å²) in [6, 6.07) is 6.91. The van der Waals surface area contributed by atoms with Gasteiger partial charge >= 0.3 is 0 Å². The Morgan fingerprint density at radius 1 is 1.18 bits per heavy atom. The van der Waals surface area contributed by atoms with Crippen LogP contribution in [0.5, 0.6) is 0 Å². The summed E-state index contributed by atoms with van der Waals surface area (Å²) < 4.78 is 26.4. The molecule has 0 spiro atoms. The van der Waals surface area contributed by atoms with E-state index < -0.39 is 10.0 Å². The van der Waals surface area contributed by atoms with Crippen molar-refractivity contribution >= 4 is 10.0 Å². The van der Waals surface area contributed by atoms with Gasteiger partial charge in [-0.1, -0.05) is 18.2 Å². The molecule has 0 aromatic heterocycles. The fourth-order valence-corrected chi connectivity index (χ4v) is 2.71. The van der Waals surface area contributed by atoms with Crippen LogP contribution < -0.4 is 15.8 Å². The van der Waals surface area contributed by atoms with Crippen LogP contribution in [-0.4, -0.2) is 34.6 Å². The molecule has 0 atom stereocenters. The highest BCUT2D eigenvalue weighted by molar-refractivity contribution is 7.89. The summed E-state index contributed by atoms with van der Waals surface area (Å²) in [7, 11) is -3.40. The molecule has 0 aliphatic carbocycles. The zero-order valence-electron chi connectivity index (χ0n) is 9.94. The first kappa shape index (κ1) is 14.1. The molecule has 0 heterocycles. The Kier molecular flexibility index (Phi) is 5.57. The summed E-state index contributed by atoms with van der Waals surface area (Å²) in [5.41, 5.74) is 6.05. The normalized spacial score (nSPS) is 11.6. The first-order chi connectivity index (χ1) is 8.08. The molecule has 0 bridgehead atoms. The van der Waals surface area contributed by atoms with Crippen LogP contribution in [0.3, 0.4) is 0 Å². The van der Waals surface area contributed by atoms with Gasteiger partial charge in [-0.15, -0.1) is 0 Å². The third kappa shape index (κ3) is 4.43. The second kappa shape index (κ2) is 6.70. The Balaban J connectivity index is 2.55. The van der Waals surface area contributed by atoms with Crippen LogP contribution in [0.15, 0.2) is 29.2 Å². The van der Waals surface area contributed by atoms with Gasteiger partial charge in [0.1, 0.15) is 0 Å². The molecular weight excluding hydrogens is 238 g/mol. The second-order valence-corrected chi connectivity index (χ2v) is 5.44. The SMILES string of the molecule is Cc1ccccc1S(=O)(=O)NCCNCCN. The summed E-state index contributed by atoms with van der Waals surface area (Å²) in [6.45, 7) is 3.94. The predicted molar refractivity (Wildman–Crippen MR) is 68.3 cm³/mol. The van der Waals surface area contributed by atoms with Crippen molar-refractivity contribution in [1.29, 1.82) is 0 Å². The highest BCUT2D eigenvalue weighted by atomic mass is 32.2. The van der Waals surface area contributed by atoms with E-state index >= 15 is 0 Å². The molecule has 0 saturated heterocycles. The van der Waals surface area contributed by atoms with Crippen molar-refractivity contribution in [3.05, 3.63) is 29.8 Å². The fourth-order valence-electron chi connectivity index (χ4n) is 1.44. The molecule has 1 aromatic rings. The van der Waals surface area contributed by atoms with E-state index in [-0.39, 0.29) is 0 Å². The van der Waals surface area contributed by atoms with E-state index in [9.17, 15) is 8.42 Å². The number of rotatable bonds is 7. The lowest BCUT2D eigenvalue weighted by atomic mass is 10.2. The van der Waals surface area contributed by atoms with E-state index in [1.54, 1.807) is 25.1 Å². The van der Waals surface area contributed by atoms with Gasteiger partial charge in [0, 0.05) is 26.2 Å². The average Bonchev–Trinajstić information content (AvgIpc) is 2.29. The molecule has 17 heavy (non-hydrogen) atoms. The van der Waals surface area contributed by atoms with E-state index in [4.69, 9.17) is 5.73 Å². The lowest BCUT2D eigenvalue weighted by Gasteiger charge is -2.09. The number of hydrogen-bond donors (Lipinski definition) is 3. The van der Waals surface area contributed by atoms with Crippen molar-refractivity contribution in [3.63, 3.8) is 0 Å². The van der Waals surface area contributed by atoms with E-state index in [2.05, 4.69) is 10.0 Å². The number of hydrogen-bond acceptors (Lipinski definition) is 4. The first-order valence-electron chi connectivity index (χ1n) is 5.54. The predicted octanol–water partition coefficient (Wildman–Crippen LogP) is -0.178. The summed E-state index contributed by atoms with van der Waals surface area (Å²) in [6.07, 6.45) is 0. The minimum Gasteiger partial charge on any atom is -0.329 e. The molecule has 0 aliphatic rings. The van der Waals surface area contributed by atoms with E-state index in [0.29, 0.717) is 31.1 Å². The molecule has 0 unspecified atom stereocenters. The maximum absolute atomic E-state index is 11.9. The summed E-state index contributed by atoms with van der Waals surface area (Å²) >= 11 is 0.